The van der Waals surface area contributed by atoms with E-state index in [0.29, 0.717) is 12.2 Å². The van der Waals surface area contributed by atoms with E-state index in [2.05, 4.69) is 21.2 Å². The maximum absolute atomic E-state index is 11.6. The molecule has 1 amide bonds. The highest BCUT2D eigenvalue weighted by Gasteiger charge is 2.16. The first kappa shape index (κ1) is 16.5. The maximum atomic E-state index is 11.6. The number of benzene rings is 1. The van der Waals surface area contributed by atoms with Gasteiger partial charge in [-0.2, -0.15) is 0 Å². The van der Waals surface area contributed by atoms with Crippen LogP contribution < -0.4 is 10.1 Å². The third-order valence-electron chi connectivity index (χ3n) is 2.83. The summed E-state index contributed by atoms with van der Waals surface area (Å²) in [5.74, 6) is -1.23. The molecule has 0 saturated heterocycles. The zero-order chi connectivity index (χ0) is 15.1. The predicted molar refractivity (Wildman–Crippen MR) is 78.8 cm³/mol. The molecule has 1 rings (SSSR count). The van der Waals surface area contributed by atoms with Gasteiger partial charge in [-0.05, 0) is 47.0 Å². The van der Waals surface area contributed by atoms with Crippen molar-refractivity contribution in [2.75, 3.05) is 13.2 Å². The standard InChI is InChI=1S/C14H18BrNO4/c1-3-10(14(18)19)7-16-13(17)8-20-12-5-4-9(2)6-11(12)15/h4-6,10H,3,7-8H2,1-2H3,(H,16,17)(H,18,19). The highest BCUT2D eigenvalue weighted by molar-refractivity contribution is 9.10. The van der Waals surface area contributed by atoms with E-state index in [1.54, 1.807) is 13.0 Å². The lowest BCUT2D eigenvalue weighted by molar-refractivity contribution is -0.141. The van der Waals surface area contributed by atoms with Gasteiger partial charge in [-0.15, -0.1) is 0 Å². The number of carboxylic acids is 1. The van der Waals surface area contributed by atoms with Crippen molar-refractivity contribution in [2.45, 2.75) is 20.3 Å². The number of carbonyl (C=O) groups is 2. The molecular weight excluding hydrogens is 326 g/mol. The first-order chi connectivity index (χ1) is 9.43. The van der Waals surface area contributed by atoms with E-state index in [1.807, 2.05) is 19.1 Å². The van der Waals surface area contributed by atoms with E-state index in [-0.39, 0.29) is 19.1 Å². The minimum atomic E-state index is -0.907. The Balaban J connectivity index is 2.41. The van der Waals surface area contributed by atoms with Crippen LogP contribution in [0.5, 0.6) is 5.75 Å². The van der Waals surface area contributed by atoms with Crippen molar-refractivity contribution in [2.24, 2.45) is 5.92 Å². The molecule has 0 heterocycles. The number of hydrogen-bond acceptors (Lipinski definition) is 3. The second-order valence-electron chi connectivity index (χ2n) is 4.47. The maximum Gasteiger partial charge on any atom is 0.308 e. The highest BCUT2D eigenvalue weighted by Crippen LogP contribution is 2.25. The normalized spacial score (nSPS) is 11.8. The first-order valence-corrected chi connectivity index (χ1v) is 7.11. The fourth-order valence-corrected chi connectivity index (χ4v) is 2.17. The van der Waals surface area contributed by atoms with Gasteiger partial charge in [-0.25, -0.2) is 0 Å². The number of ether oxygens (including phenoxy) is 1. The smallest absolute Gasteiger partial charge is 0.308 e. The summed E-state index contributed by atoms with van der Waals surface area (Å²) in [6.45, 7) is 3.70. The van der Waals surface area contributed by atoms with Gasteiger partial charge in [-0.3, -0.25) is 9.59 Å². The number of aliphatic carboxylic acids is 1. The van der Waals surface area contributed by atoms with E-state index in [9.17, 15) is 9.59 Å². The van der Waals surface area contributed by atoms with Crippen LogP contribution in [0.25, 0.3) is 0 Å². The van der Waals surface area contributed by atoms with Crippen LogP contribution in [0.4, 0.5) is 0 Å². The zero-order valence-corrected chi connectivity index (χ0v) is 13.1. The summed E-state index contributed by atoms with van der Waals surface area (Å²) in [5, 5.41) is 11.4. The van der Waals surface area contributed by atoms with Gasteiger partial charge in [-0.1, -0.05) is 13.0 Å². The topological polar surface area (TPSA) is 75.6 Å². The Labute approximate surface area is 126 Å². The Bertz CT molecular complexity index is 490. The van der Waals surface area contributed by atoms with E-state index in [4.69, 9.17) is 9.84 Å². The van der Waals surface area contributed by atoms with Gasteiger partial charge in [0.2, 0.25) is 0 Å². The van der Waals surface area contributed by atoms with Crippen LogP contribution in [0.3, 0.4) is 0 Å². The molecule has 1 aromatic rings. The molecule has 0 radical (unpaired) electrons. The van der Waals surface area contributed by atoms with Crippen molar-refractivity contribution in [1.29, 1.82) is 0 Å². The summed E-state index contributed by atoms with van der Waals surface area (Å²) in [6.07, 6.45) is 0.472. The van der Waals surface area contributed by atoms with E-state index in [1.165, 1.54) is 0 Å². The molecular formula is C14H18BrNO4. The summed E-state index contributed by atoms with van der Waals surface area (Å²) < 4.78 is 6.15. The Morgan fingerprint density at radius 3 is 2.70 bits per heavy atom. The molecule has 0 aromatic heterocycles. The second kappa shape index (κ2) is 7.89. The number of amides is 1. The van der Waals surface area contributed by atoms with Gasteiger partial charge in [0.1, 0.15) is 5.75 Å². The van der Waals surface area contributed by atoms with E-state index < -0.39 is 11.9 Å². The molecule has 2 N–H and O–H groups in total. The monoisotopic (exact) mass is 343 g/mol. The van der Waals surface area contributed by atoms with Gasteiger partial charge in [0.05, 0.1) is 10.4 Å². The van der Waals surface area contributed by atoms with E-state index in [0.717, 1.165) is 10.0 Å². The molecule has 0 spiro atoms. The molecule has 1 unspecified atom stereocenters. The molecule has 0 fully saturated rings. The van der Waals surface area contributed by atoms with Crippen molar-refractivity contribution in [3.05, 3.63) is 28.2 Å². The number of aryl methyl sites for hydroxylation is 1. The molecule has 20 heavy (non-hydrogen) atoms. The Morgan fingerprint density at radius 2 is 2.15 bits per heavy atom. The average molecular weight is 344 g/mol. The largest absolute Gasteiger partial charge is 0.483 e. The Kier molecular flexibility index (Phi) is 6.51. The lowest BCUT2D eigenvalue weighted by Gasteiger charge is -2.12. The summed E-state index contributed by atoms with van der Waals surface area (Å²) in [4.78, 5) is 22.4. The quantitative estimate of drug-likeness (QED) is 0.796. The summed E-state index contributed by atoms with van der Waals surface area (Å²) in [7, 11) is 0. The van der Waals surface area contributed by atoms with Gasteiger partial charge in [0.15, 0.2) is 6.61 Å². The second-order valence-corrected chi connectivity index (χ2v) is 5.32. The average Bonchev–Trinajstić information content (AvgIpc) is 2.38. The molecule has 5 nitrogen and oxygen atoms in total. The van der Waals surface area contributed by atoms with Crippen LogP contribution in [0.15, 0.2) is 22.7 Å². The Hall–Kier alpha value is -1.56. The molecule has 0 aliphatic carbocycles. The molecule has 0 aliphatic heterocycles. The van der Waals surface area contributed by atoms with Crippen LogP contribution in [-0.2, 0) is 9.59 Å². The molecule has 1 atom stereocenters. The Morgan fingerprint density at radius 1 is 1.45 bits per heavy atom. The van der Waals surface area contributed by atoms with Crippen molar-refractivity contribution in [3.63, 3.8) is 0 Å². The lowest BCUT2D eigenvalue weighted by Crippen LogP contribution is -2.35. The number of carbonyl (C=O) groups excluding carboxylic acids is 1. The number of halogens is 1. The number of carboxylic acid groups (broad SMARTS) is 1. The van der Waals surface area contributed by atoms with Gasteiger partial charge in [0.25, 0.3) is 5.91 Å². The summed E-state index contributed by atoms with van der Waals surface area (Å²) >= 11 is 3.36. The fourth-order valence-electron chi connectivity index (χ4n) is 1.56. The number of rotatable bonds is 7. The molecule has 0 aliphatic rings. The first-order valence-electron chi connectivity index (χ1n) is 6.32. The molecule has 0 bridgehead atoms. The van der Waals surface area contributed by atoms with Crippen LogP contribution in [-0.4, -0.2) is 30.1 Å². The SMILES string of the molecule is CCC(CNC(=O)COc1ccc(C)cc1Br)C(=O)O. The van der Waals surface area contributed by atoms with Crippen LogP contribution in [0.2, 0.25) is 0 Å². The molecule has 1 aromatic carbocycles. The molecule has 6 heteroatoms. The van der Waals surface area contributed by atoms with Crippen LogP contribution >= 0.6 is 15.9 Å². The zero-order valence-electron chi connectivity index (χ0n) is 11.5. The van der Waals surface area contributed by atoms with Gasteiger partial charge in [0, 0.05) is 6.54 Å². The van der Waals surface area contributed by atoms with Crippen LogP contribution in [0.1, 0.15) is 18.9 Å². The van der Waals surface area contributed by atoms with Crippen LogP contribution in [0, 0.1) is 12.8 Å². The van der Waals surface area contributed by atoms with E-state index >= 15 is 0 Å². The van der Waals surface area contributed by atoms with Crippen molar-refractivity contribution >= 4 is 27.8 Å². The molecule has 0 saturated carbocycles. The highest BCUT2D eigenvalue weighted by atomic mass is 79.9. The number of hydrogen-bond donors (Lipinski definition) is 2. The van der Waals surface area contributed by atoms with Crippen molar-refractivity contribution < 1.29 is 19.4 Å². The molecule has 110 valence electrons. The minimum Gasteiger partial charge on any atom is -0.483 e. The van der Waals surface area contributed by atoms with Gasteiger partial charge >= 0.3 is 5.97 Å². The summed E-state index contributed by atoms with van der Waals surface area (Å²) in [6, 6.07) is 5.55. The van der Waals surface area contributed by atoms with Crippen molar-refractivity contribution in [1.82, 2.24) is 5.32 Å². The third kappa shape index (κ3) is 5.21. The third-order valence-corrected chi connectivity index (χ3v) is 3.45. The predicted octanol–water partition coefficient (Wildman–Crippen LogP) is 2.36. The fraction of sp³-hybridized carbons (Fsp3) is 0.429. The van der Waals surface area contributed by atoms with Gasteiger partial charge < -0.3 is 15.2 Å². The lowest BCUT2D eigenvalue weighted by atomic mass is 10.1. The summed E-state index contributed by atoms with van der Waals surface area (Å²) in [5.41, 5.74) is 1.08. The minimum absolute atomic E-state index is 0.114. The number of nitrogens with one attached hydrogen (secondary N) is 1. The van der Waals surface area contributed by atoms with Crippen molar-refractivity contribution in [3.8, 4) is 5.75 Å².